The molecule has 1 fully saturated rings. The summed E-state index contributed by atoms with van der Waals surface area (Å²) < 4.78 is 0. The minimum Gasteiger partial charge on any atom is -0.300 e. The van der Waals surface area contributed by atoms with Gasteiger partial charge in [-0.1, -0.05) is 36.4 Å². The van der Waals surface area contributed by atoms with Gasteiger partial charge in [0.05, 0.1) is 6.04 Å². The number of piperidine rings is 1. The standard InChI is InChI=1S/C12H13N/c1-8-6-7-11-9-4-2-3-5-10(9)12(8)13-11/h2-5,11-13H,1,6-7H2. The summed E-state index contributed by atoms with van der Waals surface area (Å²) in [5, 5.41) is 3.61. The van der Waals surface area contributed by atoms with Crippen molar-refractivity contribution in [1.82, 2.24) is 5.32 Å². The molecule has 0 spiro atoms. The Morgan fingerprint density at radius 2 is 2.00 bits per heavy atom. The van der Waals surface area contributed by atoms with Crippen LogP contribution >= 0.6 is 0 Å². The molecule has 2 aliphatic heterocycles. The topological polar surface area (TPSA) is 12.0 Å². The average molecular weight is 171 g/mol. The van der Waals surface area contributed by atoms with Crippen LogP contribution in [0.15, 0.2) is 36.4 Å². The third-order valence-corrected chi connectivity index (χ3v) is 3.21. The van der Waals surface area contributed by atoms with Crippen LogP contribution in [-0.4, -0.2) is 0 Å². The molecule has 0 aromatic heterocycles. The normalized spacial score (nSPS) is 30.3. The maximum Gasteiger partial charge on any atom is 0.0541 e. The van der Waals surface area contributed by atoms with E-state index in [4.69, 9.17) is 0 Å². The molecule has 66 valence electrons. The number of fused-ring (bicyclic) bond motifs is 5. The quantitative estimate of drug-likeness (QED) is 0.592. The summed E-state index contributed by atoms with van der Waals surface area (Å²) in [6, 6.07) is 9.75. The number of rotatable bonds is 0. The van der Waals surface area contributed by atoms with Gasteiger partial charge in [0.2, 0.25) is 0 Å². The molecule has 0 amide bonds. The highest BCUT2D eigenvalue weighted by molar-refractivity contribution is 5.43. The molecule has 1 saturated heterocycles. The van der Waals surface area contributed by atoms with Crippen molar-refractivity contribution < 1.29 is 0 Å². The largest absolute Gasteiger partial charge is 0.300 e. The molecule has 2 atom stereocenters. The molecule has 0 saturated carbocycles. The third kappa shape index (κ3) is 0.909. The van der Waals surface area contributed by atoms with E-state index in [1.165, 1.54) is 29.5 Å². The fourth-order valence-corrected chi connectivity index (χ4v) is 2.52. The van der Waals surface area contributed by atoms with Crippen molar-refractivity contribution in [2.75, 3.05) is 0 Å². The molecule has 1 aromatic rings. The van der Waals surface area contributed by atoms with Crippen LogP contribution < -0.4 is 5.32 Å². The van der Waals surface area contributed by atoms with E-state index in [9.17, 15) is 0 Å². The Hall–Kier alpha value is -1.08. The second-order valence-corrected chi connectivity index (χ2v) is 3.98. The van der Waals surface area contributed by atoms with Gasteiger partial charge in [-0.25, -0.2) is 0 Å². The van der Waals surface area contributed by atoms with E-state index >= 15 is 0 Å². The van der Waals surface area contributed by atoms with E-state index in [0.717, 1.165) is 0 Å². The predicted molar refractivity (Wildman–Crippen MR) is 53.4 cm³/mol. The maximum atomic E-state index is 4.13. The summed E-state index contributed by atoms with van der Waals surface area (Å²) in [7, 11) is 0. The first-order valence-electron chi connectivity index (χ1n) is 4.89. The van der Waals surface area contributed by atoms with Crippen LogP contribution in [-0.2, 0) is 0 Å². The average Bonchev–Trinajstić information content (AvgIpc) is 2.48. The Balaban J connectivity index is 2.18. The lowest BCUT2D eigenvalue weighted by Gasteiger charge is -2.23. The lowest BCUT2D eigenvalue weighted by atomic mass is 9.98. The van der Waals surface area contributed by atoms with Gasteiger partial charge < -0.3 is 0 Å². The third-order valence-electron chi connectivity index (χ3n) is 3.21. The van der Waals surface area contributed by atoms with Gasteiger partial charge >= 0.3 is 0 Å². The highest BCUT2D eigenvalue weighted by Crippen LogP contribution is 2.44. The zero-order valence-corrected chi connectivity index (χ0v) is 7.59. The molecule has 1 aromatic carbocycles. The summed E-state index contributed by atoms with van der Waals surface area (Å²) in [4.78, 5) is 0. The molecule has 1 nitrogen and oxygen atoms in total. The van der Waals surface area contributed by atoms with E-state index < -0.39 is 0 Å². The first kappa shape index (κ1) is 7.34. The first-order chi connectivity index (χ1) is 6.36. The fraction of sp³-hybridized carbons (Fsp3) is 0.333. The molecule has 2 heterocycles. The van der Waals surface area contributed by atoms with E-state index in [1.807, 2.05) is 0 Å². The lowest BCUT2D eigenvalue weighted by molar-refractivity contribution is 0.445. The van der Waals surface area contributed by atoms with Crippen molar-refractivity contribution in [3.63, 3.8) is 0 Å². The maximum absolute atomic E-state index is 4.13. The monoisotopic (exact) mass is 171 g/mol. The Bertz CT molecular complexity index is 367. The zero-order chi connectivity index (χ0) is 8.84. The molecule has 3 rings (SSSR count). The summed E-state index contributed by atoms with van der Waals surface area (Å²) in [6.07, 6.45) is 2.39. The zero-order valence-electron chi connectivity index (χ0n) is 7.59. The molecular formula is C12H13N. The minimum absolute atomic E-state index is 0.440. The van der Waals surface area contributed by atoms with E-state index in [2.05, 4.69) is 36.2 Å². The van der Waals surface area contributed by atoms with Crippen molar-refractivity contribution in [3.05, 3.63) is 47.5 Å². The van der Waals surface area contributed by atoms with Gasteiger partial charge in [-0.15, -0.1) is 0 Å². The van der Waals surface area contributed by atoms with Crippen LogP contribution in [0.5, 0.6) is 0 Å². The van der Waals surface area contributed by atoms with Crippen molar-refractivity contribution in [3.8, 4) is 0 Å². The van der Waals surface area contributed by atoms with Gasteiger partial charge in [-0.3, -0.25) is 5.32 Å². The van der Waals surface area contributed by atoms with E-state index in [-0.39, 0.29) is 0 Å². The van der Waals surface area contributed by atoms with Crippen LogP contribution in [0.1, 0.15) is 36.1 Å². The molecule has 0 aliphatic carbocycles. The van der Waals surface area contributed by atoms with E-state index in [1.54, 1.807) is 0 Å². The Morgan fingerprint density at radius 3 is 2.85 bits per heavy atom. The Kier molecular flexibility index (Phi) is 1.39. The second-order valence-electron chi connectivity index (χ2n) is 3.98. The Labute approximate surface area is 78.5 Å². The first-order valence-corrected chi connectivity index (χ1v) is 4.89. The molecular weight excluding hydrogens is 158 g/mol. The summed E-state index contributed by atoms with van der Waals surface area (Å²) in [5.41, 5.74) is 4.29. The van der Waals surface area contributed by atoms with E-state index in [0.29, 0.717) is 12.1 Å². The smallest absolute Gasteiger partial charge is 0.0541 e. The lowest BCUT2D eigenvalue weighted by Crippen LogP contribution is -2.23. The molecule has 2 aliphatic rings. The summed E-state index contributed by atoms with van der Waals surface area (Å²) >= 11 is 0. The Morgan fingerprint density at radius 1 is 1.23 bits per heavy atom. The predicted octanol–water partition coefficient (Wildman–Crippen LogP) is 2.72. The second kappa shape index (κ2) is 2.46. The molecule has 1 N–H and O–H groups in total. The molecule has 2 unspecified atom stereocenters. The number of hydrogen-bond acceptors (Lipinski definition) is 1. The molecule has 2 bridgehead atoms. The van der Waals surface area contributed by atoms with Crippen LogP contribution in [0.3, 0.4) is 0 Å². The fourth-order valence-electron chi connectivity index (χ4n) is 2.52. The summed E-state index contributed by atoms with van der Waals surface area (Å²) in [5.74, 6) is 0. The molecule has 0 radical (unpaired) electrons. The van der Waals surface area contributed by atoms with Crippen LogP contribution in [0.4, 0.5) is 0 Å². The van der Waals surface area contributed by atoms with Gasteiger partial charge in [0, 0.05) is 6.04 Å². The van der Waals surface area contributed by atoms with Crippen molar-refractivity contribution >= 4 is 0 Å². The van der Waals surface area contributed by atoms with Gasteiger partial charge in [0.25, 0.3) is 0 Å². The van der Waals surface area contributed by atoms with Crippen molar-refractivity contribution in [2.45, 2.75) is 24.9 Å². The number of hydrogen-bond donors (Lipinski definition) is 1. The SMILES string of the molecule is C=C1CCC2NC1c1ccccc12. The molecule has 1 heteroatoms. The number of benzene rings is 1. The molecule has 13 heavy (non-hydrogen) atoms. The highest BCUT2D eigenvalue weighted by Gasteiger charge is 2.34. The minimum atomic E-state index is 0.440. The van der Waals surface area contributed by atoms with Crippen molar-refractivity contribution in [2.24, 2.45) is 0 Å². The number of nitrogens with one attached hydrogen (secondary N) is 1. The summed E-state index contributed by atoms with van der Waals surface area (Å²) in [6.45, 7) is 4.13. The van der Waals surface area contributed by atoms with Crippen LogP contribution in [0, 0.1) is 0 Å². The van der Waals surface area contributed by atoms with Crippen molar-refractivity contribution in [1.29, 1.82) is 0 Å². The van der Waals surface area contributed by atoms with Gasteiger partial charge in [0.15, 0.2) is 0 Å². The van der Waals surface area contributed by atoms with Crippen LogP contribution in [0.25, 0.3) is 0 Å². The van der Waals surface area contributed by atoms with Crippen LogP contribution in [0.2, 0.25) is 0 Å². The van der Waals surface area contributed by atoms with Gasteiger partial charge in [0.1, 0.15) is 0 Å². The van der Waals surface area contributed by atoms with Gasteiger partial charge in [-0.2, -0.15) is 0 Å². The van der Waals surface area contributed by atoms with Gasteiger partial charge in [-0.05, 0) is 24.0 Å². The highest BCUT2D eigenvalue weighted by atomic mass is 15.0.